The van der Waals surface area contributed by atoms with Gasteiger partial charge in [-0.2, -0.15) is 5.26 Å². The van der Waals surface area contributed by atoms with Gasteiger partial charge in [0.2, 0.25) is 5.95 Å². The van der Waals surface area contributed by atoms with Gasteiger partial charge in [0.05, 0.1) is 29.2 Å². The maximum atomic E-state index is 12.4. The SMILES string of the molecule is CC(C)(C)OC(=O)N1CCN(c2nc3ccccc3n2Cc2ccc(C#N)cc2)CC1. The van der Waals surface area contributed by atoms with Gasteiger partial charge in [0.25, 0.3) is 0 Å². The van der Waals surface area contributed by atoms with E-state index in [-0.39, 0.29) is 6.09 Å². The van der Waals surface area contributed by atoms with Crippen LogP contribution in [-0.4, -0.2) is 52.3 Å². The van der Waals surface area contributed by atoms with Crippen LogP contribution in [0.5, 0.6) is 0 Å². The van der Waals surface area contributed by atoms with Crippen LogP contribution < -0.4 is 4.90 Å². The normalized spacial score (nSPS) is 14.5. The monoisotopic (exact) mass is 417 g/mol. The number of para-hydroxylation sites is 2. The predicted octanol–water partition coefficient (Wildman–Crippen LogP) is 4.01. The van der Waals surface area contributed by atoms with Crippen LogP contribution in [0.15, 0.2) is 48.5 Å². The number of nitriles is 1. The first kappa shape index (κ1) is 20.7. The average Bonchev–Trinajstić information content (AvgIpc) is 3.12. The summed E-state index contributed by atoms with van der Waals surface area (Å²) < 4.78 is 7.72. The number of piperazine rings is 1. The molecule has 1 saturated heterocycles. The van der Waals surface area contributed by atoms with Gasteiger partial charge in [0.15, 0.2) is 0 Å². The Kier molecular flexibility index (Phi) is 5.55. The summed E-state index contributed by atoms with van der Waals surface area (Å²) >= 11 is 0. The molecule has 1 amide bonds. The first-order valence-electron chi connectivity index (χ1n) is 10.5. The Morgan fingerprint density at radius 2 is 1.74 bits per heavy atom. The van der Waals surface area contributed by atoms with Gasteiger partial charge in [-0.15, -0.1) is 0 Å². The predicted molar refractivity (Wildman–Crippen MR) is 120 cm³/mol. The zero-order valence-electron chi connectivity index (χ0n) is 18.2. The van der Waals surface area contributed by atoms with Crippen LogP contribution in [0.2, 0.25) is 0 Å². The van der Waals surface area contributed by atoms with Crippen LogP contribution in [0.1, 0.15) is 31.9 Å². The minimum Gasteiger partial charge on any atom is -0.444 e. The van der Waals surface area contributed by atoms with E-state index in [9.17, 15) is 4.79 Å². The lowest BCUT2D eigenvalue weighted by Gasteiger charge is -2.36. The molecule has 0 bridgehead atoms. The van der Waals surface area contributed by atoms with E-state index in [1.54, 1.807) is 4.90 Å². The average molecular weight is 418 g/mol. The molecule has 0 N–H and O–H groups in total. The van der Waals surface area contributed by atoms with Crippen LogP contribution in [0.25, 0.3) is 11.0 Å². The summed E-state index contributed by atoms with van der Waals surface area (Å²) in [4.78, 5) is 21.3. The summed E-state index contributed by atoms with van der Waals surface area (Å²) in [6, 6.07) is 17.9. The fraction of sp³-hybridized carbons (Fsp3) is 0.375. The molecule has 1 aliphatic rings. The molecule has 0 aliphatic carbocycles. The molecule has 7 heteroatoms. The number of hydrogen-bond acceptors (Lipinski definition) is 5. The number of fused-ring (bicyclic) bond motifs is 1. The molecule has 2 aromatic carbocycles. The van der Waals surface area contributed by atoms with Crippen molar-refractivity contribution < 1.29 is 9.53 Å². The molecule has 0 spiro atoms. The van der Waals surface area contributed by atoms with Crippen molar-refractivity contribution in [3.8, 4) is 6.07 Å². The molecule has 7 nitrogen and oxygen atoms in total. The first-order chi connectivity index (χ1) is 14.8. The maximum absolute atomic E-state index is 12.4. The van der Waals surface area contributed by atoms with Crippen LogP contribution >= 0.6 is 0 Å². The van der Waals surface area contributed by atoms with E-state index in [2.05, 4.69) is 21.6 Å². The minimum absolute atomic E-state index is 0.266. The van der Waals surface area contributed by atoms with Gasteiger partial charge in [-0.1, -0.05) is 24.3 Å². The number of rotatable bonds is 3. The molecule has 0 saturated carbocycles. The van der Waals surface area contributed by atoms with Gasteiger partial charge in [0, 0.05) is 26.2 Å². The molecule has 1 fully saturated rings. The van der Waals surface area contributed by atoms with Gasteiger partial charge in [-0.25, -0.2) is 9.78 Å². The third-order valence-electron chi connectivity index (χ3n) is 5.27. The largest absolute Gasteiger partial charge is 0.444 e. The number of carbonyl (C=O) groups is 1. The molecule has 1 aromatic heterocycles. The highest BCUT2D eigenvalue weighted by Crippen LogP contribution is 2.25. The highest BCUT2D eigenvalue weighted by Gasteiger charge is 2.28. The summed E-state index contributed by atoms with van der Waals surface area (Å²) in [5, 5.41) is 9.05. The Bertz CT molecular complexity index is 1110. The number of nitrogens with zero attached hydrogens (tertiary/aromatic N) is 5. The smallest absolute Gasteiger partial charge is 0.410 e. The topological polar surface area (TPSA) is 74.4 Å². The maximum Gasteiger partial charge on any atom is 0.410 e. The van der Waals surface area contributed by atoms with Gasteiger partial charge < -0.3 is 19.1 Å². The number of amides is 1. The van der Waals surface area contributed by atoms with Crippen molar-refractivity contribution in [1.82, 2.24) is 14.5 Å². The molecular weight excluding hydrogens is 390 g/mol. The number of aromatic nitrogens is 2. The lowest BCUT2D eigenvalue weighted by molar-refractivity contribution is 0.0240. The van der Waals surface area contributed by atoms with E-state index in [0.29, 0.717) is 38.3 Å². The number of imidazole rings is 1. The second kappa shape index (κ2) is 8.31. The fourth-order valence-corrected chi connectivity index (χ4v) is 3.74. The lowest BCUT2D eigenvalue weighted by atomic mass is 10.1. The zero-order chi connectivity index (χ0) is 22.0. The quantitative estimate of drug-likeness (QED) is 0.644. The molecule has 0 unspecified atom stereocenters. The summed E-state index contributed by atoms with van der Waals surface area (Å²) in [7, 11) is 0. The zero-order valence-corrected chi connectivity index (χ0v) is 18.2. The molecule has 31 heavy (non-hydrogen) atoms. The highest BCUT2D eigenvalue weighted by molar-refractivity contribution is 5.79. The van der Waals surface area contributed by atoms with Crippen molar-refractivity contribution >= 4 is 23.1 Å². The van der Waals surface area contributed by atoms with Crippen molar-refractivity contribution in [3.63, 3.8) is 0 Å². The van der Waals surface area contributed by atoms with Crippen molar-refractivity contribution in [2.75, 3.05) is 31.1 Å². The number of ether oxygens (including phenoxy) is 1. The number of carbonyl (C=O) groups excluding carboxylic acids is 1. The summed E-state index contributed by atoms with van der Waals surface area (Å²) in [6.07, 6.45) is -0.266. The first-order valence-corrected chi connectivity index (χ1v) is 10.5. The molecule has 3 aromatic rings. The minimum atomic E-state index is -0.497. The van der Waals surface area contributed by atoms with Gasteiger partial charge >= 0.3 is 6.09 Å². The van der Waals surface area contributed by atoms with E-state index >= 15 is 0 Å². The summed E-state index contributed by atoms with van der Waals surface area (Å²) in [5.41, 5.74) is 3.27. The third-order valence-corrected chi connectivity index (χ3v) is 5.27. The molecule has 160 valence electrons. The lowest BCUT2D eigenvalue weighted by Crippen LogP contribution is -2.50. The third kappa shape index (κ3) is 4.64. The fourth-order valence-electron chi connectivity index (χ4n) is 3.74. The summed E-state index contributed by atoms with van der Waals surface area (Å²) in [5.74, 6) is 0.898. The van der Waals surface area contributed by atoms with Crippen molar-refractivity contribution in [3.05, 3.63) is 59.7 Å². The molecule has 2 heterocycles. The molecule has 0 atom stereocenters. The number of benzene rings is 2. The van der Waals surface area contributed by atoms with Crippen molar-refractivity contribution in [2.45, 2.75) is 32.9 Å². The molecule has 0 radical (unpaired) electrons. The number of hydrogen-bond donors (Lipinski definition) is 0. The van der Waals surface area contributed by atoms with Gasteiger partial charge in [-0.05, 0) is 50.6 Å². The van der Waals surface area contributed by atoms with E-state index in [0.717, 1.165) is 22.5 Å². The van der Waals surface area contributed by atoms with Gasteiger partial charge in [-0.3, -0.25) is 0 Å². The Labute approximate surface area is 182 Å². The van der Waals surface area contributed by atoms with Gasteiger partial charge in [0.1, 0.15) is 5.60 Å². The van der Waals surface area contributed by atoms with Crippen LogP contribution in [0.3, 0.4) is 0 Å². The van der Waals surface area contributed by atoms with E-state index in [4.69, 9.17) is 15.0 Å². The number of anilines is 1. The van der Waals surface area contributed by atoms with E-state index in [1.165, 1.54) is 0 Å². The Morgan fingerprint density at radius 1 is 1.06 bits per heavy atom. The molecule has 1 aliphatic heterocycles. The van der Waals surface area contributed by atoms with E-state index < -0.39 is 5.60 Å². The Balaban J connectivity index is 1.56. The Morgan fingerprint density at radius 3 is 2.39 bits per heavy atom. The second-order valence-corrected chi connectivity index (χ2v) is 8.75. The van der Waals surface area contributed by atoms with Crippen LogP contribution in [-0.2, 0) is 11.3 Å². The van der Waals surface area contributed by atoms with E-state index in [1.807, 2.05) is 63.2 Å². The Hall–Kier alpha value is -3.53. The standard InChI is InChI=1S/C24H27N5O2/c1-24(2,3)31-23(30)28-14-12-27(13-15-28)22-26-20-6-4-5-7-21(20)29(22)17-19-10-8-18(16-25)9-11-19/h4-11H,12-15,17H2,1-3H3. The van der Waals surface area contributed by atoms with Crippen LogP contribution in [0.4, 0.5) is 10.7 Å². The second-order valence-electron chi connectivity index (χ2n) is 8.75. The molecular formula is C24H27N5O2. The summed E-state index contributed by atoms with van der Waals surface area (Å²) in [6.45, 7) is 8.87. The highest BCUT2D eigenvalue weighted by atomic mass is 16.6. The van der Waals surface area contributed by atoms with Crippen molar-refractivity contribution in [2.24, 2.45) is 0 Å². The van der Waals surface area contributed by atoms with Crippen molar-refractivity contribution in [1.29, 1.82) is 5.26 Å². The van der Waals surface area contributed by atoms with Crippen LogP contribution in [0, 0.1) is 11.3 Å². The molecule has 4 rings (SSSR count).